The van der Waals surface area contributed by atoms with Crippen molar-refractivity contribution in [2.24, 2.45) is 5.73 Å². The van der Waals surface area contributed by atoms with Gasteiger partial charge in [-0.05, 0) is 37.5 Å². The van der Waals surface area contributed by atoms with Gasteiger partial charge in [-0.15, -0.1) is 0 Å². The van der Waals surface area contributed by atoms with Crippen molar-refractivity contribution < 1.29 is 9.47 Å². The van der Waals surface area contributed by atoms with Crippen LogP contribution in [0.25, 0.3) is 0 Å². The second-order valence-electron chi connectivity index (χ2n) is 4.36. The number of rotatable bonds is 7. The molecule has 0 heterocycles. The molecule has 0 radical (unpaired) electrons. The average molecular weight is 237 g/mol. The molecule has 1 aromatic rings. The van der Waals surface area contributed by atoms with E-state index < -0.39 is 0 Å². The quantitative estimate of drug-likeness (QED) is 0.741. The van der Waals surface area contributed by atoms with E-state index in [-0.39, 0.29) is 6.04 Å². The Morgan fingerprint density at radius 3 is 2.71 bits per heavy atom. The Hall–Kier alpha value is -1.06. The van der Waals surface area contributed by atoms with Gasteiger partial charge in [0.15, 0.2) is 0 Å². The Labute approximate surface area is 104 Å². The zero-order chi connectivity index (χ0) is 12.7. The highest BCUT2D eigenvalue weighted by atomic mass is 16.5. The molecular weight excluding hydrogens is 214 g/mol. The lowest BCUT2D eigenvalue weighted by Gasteiger charge is -2.12. The van der Waals surface area contributed by atoms with Crippen molar-refractivity contribution in [2.45, 2.75) is 33.2 Å². The summed E-state index contributed by atoms with van der Waals surface area (Å²) in [6, 6.07) is 6.33. The first kappa shape index (κ1) is 14.0. The Balaban J connectivity index is 2.24. The number of hydrogen-bond acceptors (Lipinski definition) is 3. The van der Waals surface area contributed by atoms with Gasteiger partial charge in [-0.25, -0.2) is 0 Å². The third kappa shape index (κ3) is 5.20. The third-order valence-electron chi connectivity index (χ3n) is 2.69. The SMILES string of the molecule is CCC(N)COCCOc1cc(C)ccc1C. The molecule has 0 aliphatic heterocycles. The average Bonchev–Trinajstić information content (AvgIpc) is 2.32. The van der Waals surface area contributed by atoms with Crippen molar-refractivity contribution in [1.82, 2.24) is 0 Å². The van der Waals surface area contributed by atoms with Crippen molar-refractivity contribution in [3.05, 3.63) is 29.3 Å². The van der Waals surface area contributed by atoms with Gasteiger partial charge in [0, 0.05) is 6.04 Å². The molecule has 0 fully saturated rings. The van der Waals surface area contributed by atoms with Crippen LogP contribution in [0.3, 0.4) is 0 Å². The monoisotopic (exact) mass is 237 g/mol. The summed E-state index contributed by atoms with van der Waals surface area (Å²) in [5.41, 5.74) is 8.11. The highest BCUT2D eigenvalue weighted by Crippen LogP contribution is 2.18. The standard InChI is InChI=1S/C14H23NO2/c1-4-13(15)10-16-7-8-17-14-9-11(2)5-6-12(14)3/h5-6,9,13H,4,7-8,10,15H2,1-3H3. The molecule has 0 saturated carbocycles. The van der Waals surface area contributed by atoms with E-state index in [9.17, 15) is 0 Å². The minimum atomic E-state index is 0.135. The van der Waals surface area contributed by atoms with Crippen molar-refractivity contribution in [3.63, 3.8) is 0 Å². The Bertz CT molecular complexity index is 339. The van der Waals surface area contributed by atoms with Crippen molar-refractivity contribution in [3.8, 4) is 5.75 Å². The first-order valence-corrected chi connectivity index (χ1v) is 6.17. The first-order valence-electron chi connectivity index (χ1n) is 6.17. The fourth-order valence-corrected chi connectivity index (χ4v) is 1.43. The van der Waals surface area contributed by atoms with Gasteiger partial charge in [0.25, 0.3) is 0 Å². The van der Waals surface area contributed by atoms with Crippen molar-refractivity contribution >= 4 is 0 Å². The van der Waals surface area contributed by atoms with E-state index in [1.54, 1.807) is 0 Å². The van der Waals surface area contributed by atoms with Gasteiger partial charge in [-0.1, -0.05) is 19.1 Å². The maximum absolute atomic E-state index is 5.74. The lowest BCUT2D eigenvalue weighted by atomic mass is 10.1. The number of aryl methyl sites for hydroxylation is 2. The van der Waals surface area contributed by atoms with Gasteiger partial charge in [0.1, 0.15) is 12.4 Å². The summed E-state index contributed by atoms with van der Waals surface area (Å²) in [6.45, 7) is 7.92. The molecular formula is C14H23NO2. The van der Waals surface area contributed by atoms with Crippen LogP contribution in [0, 0.1) is 13.8 Å². The summed E-state index contributed by atoms with van der Waals surface area (Å²) >= 11 is 0. The van der Waals surface area contributed by atoms with Crippen molar-refractivity contribution in [1.29, 1.82) is 0 Å². The van der Waals surface area contributed by atoms with Crippen LogP contribution in [0.4, 0.5) is 0 Å². The van der Waals surface area contributed by atoms with Crippen LogP contribution in [0.15, 0.2) is 18.2 Å². The molecule has 96 valence electrons. The summed E-state index contributed by atoms with van der Waals surface area (Å²) < 4.78 is 11.1. The molecule has 0 aliphatic carbocycles. The van der Waals surface area contributed by atoms with Gasteiger partial charge >= 0.3 is 0 Å². The maximum atomic E-state index is 5.74. The van der Waals surface area contributed by atoms with Gasteiger partial charge in [-0.3, -0.25) is 0 Å². The molecule has 1 aromatic carbocycles. The first-order chi connectivity index (χ1) is 8.13. The Morgan fingerprint density at radius 1 is 1.24 bits per heavy atom. The second-order valence-corrected chi connectivity index (χ2v) is 4.36. The summed E-state index contributed by atoms with van der Waals surface area (Å²) in [4.78, 5) is 0. The predicted octanol–water partition coefficient (Wildman–Crippen LogP) is 2.44. The highest BCUT2D eigenvalue weighted by Gasteiger charge is 2.01. The molecule has 0 amide bonds. The van der Waals surface area contributed by atoms with Crippen LogP contribution in [-0.4, -0.2) is 25.9 Å². The van der Waals surface area contributed by atoms with E-state index in [4.69, 9.17) is 15.2 Å². The summed E-state index contributed by atoms with van der Waals surface area (Å²) in [7, 11) is 0. The van der Waals surface area contributed by atoms with Crippen LogP contribution >= 0.6 is 0 Å². The molecule has 3 nitrogen and oxygen atoms in total. The van der Waals surface area contributed by atoms with E-state index in [0.29, 0.717) is 19.8 Å². The van der Waals surface area contributed by atoms with E-state index in [0.717, 1.165) is 17.7 Å². The molecule has 2 N–H and O–H groups in total. The maximum Gasteiger partial charge on any atom is 0.122 e. The number of nitrogens with two attached hydrogens (primary N) is 1. The molecule has 17 heavy (non-hydrogen) atoms. The Morgan fingerprint density at radius 2 is 2.00 bits per heavy atom. The Kier molecular flexibility index (Phi) is 6.01. The second kappa shape index (κ2) is 7.30. The van der Waals surface area contributed by atoms with Gasteiger partial charge in [0.05, 0.1) is 13.2 Å². The lowest BCUT2D eigenvalue weighted by Crippen LogP contribution is -2.26. The third-order valence-corrected chi connectivity index (χ3v) is 2.69. The molecule has 0 aromatic heterocycles. The molecule has 0 saturated heterocycles. The van der Waals surface area contributed by atoms with Gasteiger partial charge in [0.2, 0.25) is 0 Å². The molecule has 1 rings (SSSR count). The molecule has 0 spiro atoms. The minimum absolute atomic E-state index is 0.135. The number of ether oxygens (including phenoxy) is 2. The van der Waals surface area contributed by atoms with Crippen molar-refractivity contribution in [2.75, 3.05) is 19.8 Å². The predicted molar refractivity (Wildman–Crippen MR) is 70.5 cm³/mol. The fourth-order valence-electron chi connectivity index (χ4n) is 1.43. The highest BCUT2D eigenvalue weighted by molar-refractivity contribution is 5.35. The van der Waals surface area contributed by atoms with Crippen LogP contribution in [-0.2, 0) is 4.74 Å². The van der Waals surface area contributed by atoms with Crippen LogP contribution in [0.2, 0.25) is 0 Å². The largest absolute Gasteiger partial charge is 0.491 e. The smallest absolute Gasteiger partial charge is 0.122 e. The molecule has 3 heteroatoms. The summed E-state index contributed by atoms with van der Waals surface area (Å²) in [5.74, 6) is 0.938. The molecule has 1 unspecified atom stereocenters. The van der Waals surface area contributed by atoms with Crippen LogP contribution in [0.5, 0.6) is 5.75 Å². The van der Waals surface area contributed by atoms with E-state index in [2.05, 4.69) is 26.0 Å². The summed E-state index contributed by atoms with van der Waals surface area (Å²) in [6.07, 6.45) is 0.942. The van der Waals surface area contributed by atoms with Crippen LogP contribution in [0.1, 0.15) is 24.5 Å². The lowest BCUT2D eigenvalue weighted by molar-refractivity contribution is 0.0895. The van der Waals surface area contributed by atoms with E-state index in [1.807, 2.05) is 13.0 Å². The van der Waals surface area contributed by atoms with E-state index in [1.165, 1.54) is 5.56 Å². The fraction of sp³-hybridized carbons (Fsp3) is 0.571. The number of benzene rings is 1. The zero-order valence-corrected chi connectivity index (χ0v) is 11.0. The zero-order valence-electron chi connectivity index (χ0n) is 11.0. The van der Waals surface area contributed by atoms with Gasteiger partial charge < -0.3 is 15.2 Å². The van der Waals surface area contributed by atoms with E-state index >= 15 is 0 Å². The minimum Gasteiger partial charge on any atom is -0.491 e. The molecule has 0 aliphatic rings. The molecule has 0 bridgehead atoms. The number of hydrogen-bond donors (Lipinski definition) is 1. The normalized spacial score (nSPS) is 12.5. The van der Waals surface area contributed by atoms with Crippen LogP contribution < -0.4 is 10.5 Å². The molecule has 1 atom stereocenters. The van der Waals surface area contributed by atoms with Gasteiger partial charge in [-0.2, -0.15) is 0 Å². The summed E-state index contributed by atoms with van der Waals surface area (Å²) in [5, 5.41) is 0. The topological polar surface area (TPSA) is 44.5 Å².